The monoisotopic (exact) mass is 386 g/mol. The molecule has 0 bridgehead atoms. The Hall–Kier alpha value is -1.74. The van der Waals surface area contributed by atoms with Gasteiger partial charge < -0.3 is 14.6 Å². The lowest BCUT2D eigenvalue weighted by atomic mass is 9.94. The average molecular weight is 387 g/mol. The first kappa shape index (κ1) is 22.5. The fourth-order valence-electron chi connectivity index (χ4n) is 3.58. The maximum absolute atomic E-state index is 10.8. The Kier molecular flexibility index (Phi) is 9.11. The number of rotatable bonds is 10. The van der Waals surface area contributed by atoms with Crippen molar-refractivity contribution in [3.05, 3.63) is 46.1 Å². The molecule has 28 heavy (non-hydrogen) atoms. The molecule has 1 aliphatic rings. The molecule has 1 aliphatic heterocycles. The molecule has 1 N–H and O–H groups in total. The highest BCUT2D eigenvalue weighted by Crippen LogP contribution is 2.40. The number of phenols is 1. The zero-order valence-electron chi connectivity index (χ0n) is 18.4. The van der Waals surface area contributed by atoms with E-state index in [9.17, 15) is 5.11 Å². The molecule has 156 valence electrons. The van der Waals surface area contributed by atoms with Gasteiger partial charge in [-0.15, -0.1) is 0 Å². The summed E-state index contributed by atoms with van der Waals surface area (Å²) in [5.74, 6) is 1.22. The van der Waals surface area contributed by atoms with E-state index < -0.39 is 0 Å². The van der Waals surface area contributed by atoms with Crippen LogP contribution in [-0.4, -0.2) is 11.4 Å². The quantitative estimate of drug-likeness (QED) is 0.347. The third-order valence-corrected chi connectivity index (χ3v) is 5.35. The van der Waals surface area contributed by atoms with Gasteiger partial charge in [0.25, 0.3) is 0 Å². The van der Waals surface area contributed by atoms with E-state index in [1.165, 1.54) is 29.6 Å². The molecule has 0 saturated carbocycles. The molecule has 0 radical (unpaired) electrons. The summed E-state index contributed by atoms with van der Waals surface area (Å²) < 4.78 is 12.0. The molecule has 0 amide bonds. The van der Waals surface area contributed by atoms with Crippen molar-refractivity contribution in [2.24, 2.45) is 0 Å². The number of hydrogen-bond acceptors (Lipinski definition) is 3. The minimum atomic E-state index is -0.223. The highest BCUT2D eigenvalue weighted by Gasteiger charge is 2.26. The van der Waals surface area contributed by atoms with E-state index in [0.29, 0.717) is 18.8 Å². The van der Waals surface area contributed by atoms with Crippen LogP contribution in [0.15, 0.2) is 29.4 Å². The molecule has 1 unspecified atom stereocenters. The van der Waals surface area contributed by atoms with Crippen LogP contribution in [-0.2, 0) is 24.2 Å². The molecule has 0 aliphatic carbocycles. The summed E-state index contributed by atoms with van der Waals surface area (Å²) in [6.07, 6.45) is 12.4. The van der Waals surface area contributed by atoms with Crippen LogP contribution >= 0.6 is 0 Å². The predicted molar refractivity (Wildman–Crippen MR) is 117 cm³/mol. The van der Waals surface area contributed by atoms with Gasteiger partial charge in [-0.2, -0.15) is 0 Å². The first-order chi connectivity index (χ1) is 13.5. The number of benzene rings is 1. The Morgan fingerprint density at radius 3 is 2.64 bits per heavy atom. The number of aromatic hydroxyl groups is 1. The molecule has 1 aromatic rings. The minimum Gasteiger partial charge on any atom is -0.508 e. The number of hydrogen-bond donors (Lipinski definition) is 1. The summed E-state index contributed by atoms with van der Waals surface area (Å²) in [6.45, 7) is 11.3. The molecular weight excluding hydrogens is 348 g/mol. The molecule has 3 heteroatoms. The zero-order valence-corrected chi connectivity index (χ0v) is 18.4. The highest BCUT2D eigenvalue weighted by atomic mass is 16.7. The van der Waals surface area contributed by atoms with Crippen molar-refractivity contribution in [2.45, 2.75) is 98.9 Å². The maximum Gasteiger partial charge on any atom is 0.199 e. The van der Waals surface area contributed by atoms with Gasteiger partial charge in [-0.1, -0.05) is 50.0 Å². The van der Waals surface area contributed by atoms with Crippen LogP contribution in [0.1, 0.15) is 89.8 Å². The lowest BCUT2D eigenvalue weighted by Crippen LogP contribution is -2.26. The van der Waals surface area contributed by atoms with Crippen molar-refractivity contribution >= 4 is 0 Å². The molecule has 1 aromatic carbocycles. The molecule has 1 heterocycles. The molecule has 0 saturated heterocycles. The van der Waals surface area contributed by atoms with Gasteiger partial charge in [0.05, 0.1) is 6.61 Å². The van der Waals surface area contributed by atoms with Gasteiger partial charge >= 0.3 is 0 Å². The Morgan fingerprint density at radius 1 is 1.18 bits per heavy atom. The first-order valence-electron chi connectivity index (χ1n) is 10.9. The van der Waals surface area contributed by atoms with E-state index in [4.69, 9.17) is 9.47 Å². The van der Waals surface area contributed by atoms with Crippen LogP contribution in [0.4, 0.5) is 0 Å². The lowest BCUT2D eigenvalue weighted by Gasteiger charge is -2.29. The Morgan fingerprint density at radius 2 is 1.96 bits per heavy atom. The van der Waals surface area contributed by atoms with Crippen molar-refractivity contribution in [3.8, 4) is 11.5 Å². The van der Waals surface area contributed by atoms with Gasteiger partial charge in [-0.3, -0.25) is 0 Å². The van der Waals surface area contributed by atoms with Crippen LogP contribution in [0.3, 0.4) is 0 Å². The number of phenolic OH excluding ortho intramolecular Hbond substituents is 1. The Bertz CT molecular complexity index is 696. The lowest BCUT2D eigenvalue weighted by molar-refractivity contribution is -0.109. The van der Waals surface area contributed by atoms with E-state index in [0.717, 1.165) is 49.0 Å². The van der Waals surface area contributed by atoms with E-state index >= 15 is 0 Å². The van der Waals surface area contributed by atoms with Crippen molar-refractivity contribution in [1.29, 1.82) is 0 Å². The molecule has 0 aromatic heterocycles. The second-order valence-corrected chi connectivity index (χ2v) is 8.14. The summed E-state index contributed by atoms with van der Waals surface area (Å²) in [4.78, 5) is 0. The third kappa shape index (κ3) is 6.41. The molecule has 1 atom stereocenters. The van der Waals surface area contributed by atoms with Crippen molar-refractivity contribution in [2.75, 3.05) is 0 Å². The van der Waals surface area contributed by atoms with Crippen molar-refractivity contribution < 1.29 is 14.6 Å². The number of ether oxygens (including phenoxy) is 2. The topological polar surface area (TPSA) is 38.7 Å². The zero-order chi connectivity index (χ0) is 20.5. The summed E-state index contributed by atoms with van der Waals surface area (Å²) in [6, 6.07) is 1.94. The van der Waals surface area contributed by atoms with Crippen LogP contribution in [0.2, 0.25) is 0 Å². The number of unbranched alkanes of at least 4 members (excludes halogenated alkanes) is 2. The first-order valence-corrected chi connectivity index (χ1v) is 10.9. The standard InChI is InChI=1S/C25H38O3/c1-6-8-9-13-20-16-23(26)21(15-14-19(5)12-10-11-18(3)4)25-22(20)17-27-24(7-2)28-25/h11,14,16,24,26H,6-10,12-13,15,17H2,1-5H3. The van der Waals surface area contributed by atoms with Gasteiger partial charge in [0.15, 0.2) is 6.29 Å². The van der Waals surface area contributed by atoms with Crippen LogP contribution < -0.4 is 4.74 Å². The van der Waals surface area contributed by atoms with Crippen molar-refractivity contribution in [3.63, 3.8) is 0 Å². The SMILES string of the molecule is CCCCCc1cc(O)c(CC=C(C)CCC=C(C)C)c2c1COC(CC)O2. The molecular formula is C25H38O3. The second-order valence-electron chi connectivity index (χ2n) is 8.14. The number of allylic oxidation sites excluding steroid dienone is 4. The smallest absolute Gasteiger partial charge is 0.199 e. The fourth-order valence-corrected chi connectivity index (χ4v) is 3.58. The predicted octanol–water partition coefficient (Wildman–Crippen LogP) is 7.01. The summed E-state index contributed by atoms with van der Waals surface area (Å²) in [7, 11) is 0. The molecule has 0 fully saturated rings. The van der Waals surface area contributed by atoms with Crippen LogP contribution in [0.25, 0.3) is 0 Å². The average Bonchev–Trinajstić information content (AvgIpc) is 2.66. The molecule has 0 spiro atoms. The van der Waals surface area contributed by atoms with E-state index in [1.54, 1.807) is 0 Å². The highest BCUT2D eigenvalue weighted by molar-refractivity contribution is 5.55. The van der Waals surface area contributed by atoms with Gasteiger partial charge in [0.1, 0.15) is 11.5 Å². The van der Waals surface area contributed by atoms with Crippen molar-refractivity contribution in [1.82, 2.24) is 0 Å². The van der Waals surface area contributed by atoms with Crippen LogP contribution in [0.5, 0.6) is 11.5 Å². The second kappa shape index (κ2) is 11.3. The Labute approximate surface area is 171 Å². The van der Waals surface area contributed by atoms with Gasteiger partial charge in [0, 0.05) is 17.5 Å². The van der Waals surface area contributed by atoms with Gasteiger partial charge in [0.2, 0.25) is 0 Å². The molecule has 3 nitrogen and oxygen atoms in total. The third-order valence-electron chi connectivity index (χ3n) is 5.35. The van der Waals surface area contributed by atoms with Crippen LogP contribution in [0, 0.1) is 0 Å². The fraction of sp³-hybridized carbons (Fsp3) is 0.600. The van der Waals surface area contributed by atoms with Gasteiger partial charge in [-0.05, 0) is 64.5 Å². The largest absolute Gasteiger partial charge is 0.508 e. The summed E-state index contributed by atoms with van der Waals surface area (Å²) in [5.41, 5.74) is 5.90. The number of fused-ring (bicyclic) bond motifs is 1. The van der Waals surface area contributed by atoms with E-state index in [2.05, 4.69) is 46.8 Å². The maximum atomic E-state index is 10.8. The van der Waals surface area contributed by atoms with Gasteiger partial charge in [-0.25, -0.2) is 0 Å². The van der Waals surface area contributed by atoms with E-state index in [-0.39, 0.29) is 6.29 Å². The normalized spacial score (nSPS) is 16.5. The molecule has 2 rings (SSSR count). The summed E-state index contributed by atoms with van der Waals surface area (Å²) >= 11 is 0. The van der Waals surface area contributed by atoms with E-state index in [1.807, 2.05) is 6.07 Å². The minimum absolute atomic E-state index is 0.223. The summed E-state index contributed by atoms with van der Waals surface area (Å²) in [5, 5.41) is 10.8. The number of aryl methyl sites for hydroxylation is 1. The Balaban J connectivity index is 2.24.